The van der Waals surface area contributed by atoms with Crippen LogP contribution in [0.4, 0.5) is 27.6 Å². The molecule has 0 radical (unpaired) electrons. The van der Waals surface area contributed by atoms with E-state index in [0.717, 1.165) is 67.8 Å². The molecule has 1 N–H and O–H groups in total. The molecule has 6 nitrogen and oxygen atoms in total. The first-order chi connectivity index (χ1) is 32.0. The quantitative estimate of drug-likeness (QED) is 0.146. The minimum Gasteiger partial charge on any atom is -0.384 e. The van der Waals surface area contributed by atoms with Crippen molar-refractivity contribution in [3.63, 3.8) is 0 Å². The molecule has 1 saturated heterocycles. The number of alkyl halides is 3. The summed E-state index contributed by atoms with van der Waals surface area (Å²) >= 11 is -0.174. The standard InChI is InChI=1S/C41H42F5N3O3S/c1-27-6-15-36-34(22-27)37(50)23-39(53-26-31-4-3-5-35(42)40(31)43)49(36)25-38(51)48(33-16-18-47(19-17-33)20-21-52-2)24-28-7-9-29(10-8-28)30-11-13-32(14-12-30)41(44,45)46/h3-15,22-23,33,37,50H,16-21,24-26H2,1-2H3/i6D,15D,16D2,17D2,18D2,19D2,22D,23D,24D2,26D2,33D. The summed E-state index contributed by atoms with van der Waals surface area (Å²) in [7, 11) is 1.11. The lowest BCUT2D eigenvalue weighted by molar-refractivity contribution is -0.137. The molecule has 2 aliphatic rings. The van der Waals surface area contributed by atoms with Gasteiger partial charge in [-0.15, -0.1) is 11.8 Å². The highest BCUT2D eigenvalue weighted by Gasteiger charge is 2.33. The van der Waals surface area contributed by atoms with Crippen molar-refractivity contribution in [1.82, 2.24) is 9.80 Å². The van der Waals surface area contributed by atoms with Crippen molar-refractivity contribution < 1.29 is 59.9 Å². The van der Waals surface area contributed by atoms with Crippen molar-refractivity contribution >= 4 is 23.4 Å². The number of likely N-dealkylation sites (tertiary alicyclic amines) is 1. The van der Waals surface area contributed by atoms with Crippen LogP contribution in [0.25, 0.3) is 11.1 Å². The van der Waals surface area contributed by atoms with Gasteiger partial charge in [0.15, 0.2) is 11.6 Å². The third-order valence-corrected chi connectivity index (χ3v) is 8.63. The molecule has 0 bridgehead atoms. The molecule has 12 heteroatoms. The Bertz CT molecular complexity index is 2700. The lowest BCUT2D eigenvalue weighted by Crippen LogP contribution is -2.50. The van der Waals surface area contributed by atoms with Gasteiger partial charge in [0.25, 0.3) is 0 Å². The van der Waals surface area contributed by atoms with Gasteiger partial charge in [-0.2, -0.15) is 13.2 Å². The van der Waals surface area contributed by atoms with Crippen LogP contribution >= 0.6 is 11.8 Å². The third kappa shape index (κ3) is 9.29. The number of ether oxygens (including phenoxy) is 1. The number of hydrogen-bond donors (Lipinski definition) is 1. The fourth-order valence-electron chi connectivity index (χ4n) is 5.09. The van der Waals surface area contributed by atoms with E-state index in [1.165, 1.54) is 6.92 Å². The molecule has 4 aromatic rings. The van der Waals surface area contributed by atoms with Crippen LogP contribution in [0.15, 0.2) is 95.9 Å². The normalized spacial score (nSPS) is 26.5. The number of fused-ring (bicyclic) bond motifs is 1. The van der Waals surface area contributed by atoms with Crippen molar-refractivity contribution in [2.75, 3.05) is 44.7 Å². The summed E-state index contributed by atoms with van der Waals surface area (Å²) in [5, 5.41) is 10.6. The first-order valence-corrected chi connectivity index (χ1v) is 16.6. The second kappa shape index (κ2) is 16.8. The van der Waals surface area contributed by atoms with E-state index in [-0.39, 0.29) is 33.4 Å². The van der Waals surface area contributed by atoms with Gasteiger partial charge in [-0.1, -0.05) is 66.2 Å². The number of carbonyl (C=O) groups excluding carboxylic acids is 1. The van der Waals surface area contributed by atoms with Crippen molar-refractivity contribution in [3.8, 4) is 11.1 Å². The molecule has 4 aromatic carbocycles. The fourth-order valence-corrected chi connectivity index (χ4v) is 5.89. The zero-order valence-electron chi connectivity index (χ0n) is 45.0. The van der Waals surface area contributed by atoms with E-state index in [1.54, 1.807) is 0 Å². The van der Waals surface area contributed by atoms with Crippen molar-refractivity contribution in [2.45, 2.75) is 50.2 Å². The van der Waals surface area contributed by atoms with E-state index in [4.69, 9.17) is 18.4 Å². The largest absolute Gasteiger partial charge is 0.416 e. The van der Waals surface area contributed by atoms with Crippen molar-refractivity contribution in [1.29, 1.82) is 0 Å². The van der Waals surface area contributed by atoms with Crippen LogP contribution in [-0.2, 0) is 27.9 Å². The lowest BCUT2D eigenvalue weighted by Gasteiger charge is -2.40. The average Bonchev–Trinajstić information content (AvgIpc) is 3.27. The molecular weight excluding hydrogens is 710 g/mol. The molecule has 0 saturated carbocycles. The van der Waals surface area contributed by atoms with Crippen molar-refractivity contribution in [3.05, 3.63) is 135 Å². The summed E-state index contributed by atoms with van der Waals surface area (Å²) in [6.45, 7) is -13.3. The lowest BCUT2D eigenvalue weighted by atomic mass is 9.99. The predicted octanol–water partition coefficient (Wildman–Crippen LogP) is 8.73. The molecule has 1 amide bonds. The number of amides is 1. The second-order valence-corrected chi connectivity index (χ2v) is 12.3. The zero-order chi connectivity index (χ0) is 52.9. The maximum Gasteiger partial charge on any atom is 0.416 e. The van der Waals surface area contributed by atoms with Crippen LogP contribution in [0.2, 0.25) is 0 Å². The van der Waals surface area contributed by atoms with Gasteiger partial charge in [-0.25, -0.2) is 8.78 Å². The van der Waals surface area contributed by atoms with Gasteiger partial charge in [-0.05, 0) is 66.7 Å². The van der Waals surface area contributed by atoms with Crippen LogP contribution in [0.3, 0.4) is 0 Å². The number of thioether (sulfide) groups is 1. The highest BCUT2D eigenvalue weighted by atomic mass is 32.2. The van der Waals surface area contributed by atoms with Gasteiger partial charge >= 0.3 is 6.18 Å². The molecule has 1 fully saturated rings. The van der Waals surface area contributed by atoms with E-state index >= 15 is 9.18 Å². The highest BCUT2D eigenvalue weighted by molar-refractivity contribution is 8.02. The number of aliphatic hydroxyl groups is 1. The maximum absolute atomic E-state index is 15.5. The number of methoxy groups -OCH3 is 1. The maximum atomic E-state index is 15.5. The first kappa shape index (κ1) is 22.2. The van der Waals surface area contributed by atoms with Crippen LogP contribution in [-0.4, -0.2) is 66.6 Å². The second-order valence-electron chi connectivity index (χ2n) is 11.5. The Morgan fingerprint density at radius 2 is 1.75 bits per heavy atom. The molecular formula is C41H42F5N3O3S. The zero-order valence-corrected chi connectivity index (χ0v) is 28.8. The van der Waals surface area contributed by atoms with Gasteiger partial charge in [-0.3, -0.25) is 4.79 Å². The number of benzene rings is 4. The summed E-state index contributed by atoms with van der Waals surface area (Å²) in [6, 6.07) is 2.36. The Labute approximate surface area is 334 Å². The van der Waals surface area contributed by atoms with E-state index in [1.807, 2.05) is 0 Å². The number of nitrogens with zero attached hydrogens (tertiary/aromatic N) is 3. The number of halogens is 5. The number of piperidine rings is 1. The Balaban J connectivity index is 1.62. The Kier molecular flexibility index (Phi) is 7.06. The Morgan fingerprint density at radius 3 is 2.42 bits per heavy atom. The average molecular weight is 769 g/mol. The van der Waals surface area contributed by atoms with Crippen molar-refractivity contribution in [2.24, 2.45) is 0 Å². The Morgan fingerprint density at radius 1 is 1.08 bits per heavy atom. The number of anilines is 1. The number of aliphatic hydroxyl groups excluding tert-OH is 1. The number of carbonyl (C=O) groups is 1. The summed E-state index contributed by atoms with van der Waals surface area (Å²) in [6.07, 6.45) is -15.4. The minimum absolute atomic E-state index is 0.0629. The summed E-state index contributed by atoms with van der Waals surface area (Å²) < 4.78 is 230. The van der Waals surface area contributed by atoms with Crippen LogP contribution in [0.1, 0.15) is 70.0 Å². The molecule has 0 spiro atoms. The number of rotatable bonds is 12. The van der Waals surface area contributed by atoms with Crippen LogP contribution in [0.5, 0.6) is 0 Å². The van der Waals surface area contributed by atoms with Gasteiger partial charge in [0.05, 0.1) is 26.8 Å². The van der Waals surface area contributed by atoms with E-state index in [2.05, 4.69) is 0 Å². The van der Waals surface area contributed by atoms with Crippen LogP contribution < -0.4 is 4.90 Å². The molecule has 280 valence electrons. The number of hydrogen-bond acceptors (Lipinski definition) is 6. The van der Waals surface area contributed by atoms with E-state index in [0.29, 0.717) is 11.0 Å². The Hall–Kier alpha value is -4.23. The smallest absolute Gasteiger partial charge is 0.384 e. The van der Waals surface area contributed by atoms with Gasteiger partial charge in [0, 0.05) is 75.4 Å². The minimum atomic E-state index is -4.70. The predicted molar refractivity (Wildman–Crippen MR) is 198 cm³/mol. The molecule has 2 aliphatic heterocycles. The SMILES string of the molecule is [2H]C1=C(SC([2H])([2H])c2cccc(F)c2F)N(CC(=O)N(C([2H])([2H])c2ccc(-c3ccc(C(F)(F)F)cc3)cc2)C2([2H])C([2H])([2H])C([2H])([2H])N(CCOC)C([2H])([2H])C2([2H])[2H])c2c([2H])c([2H])c(C)c([2H])c2C1O. The third-order valence-electron chi connectivity index (χ3n) is 7.78. The summed E-state index contributed by atoms with van der Waals surface area (Å²) in [5.74, 6) is -5.22. The molecule has 0 aromatic heterocycles. The molecule has 1 unspecified atom stereocenters. The van der Waals surface area contributed by atoms with Gasteiger partial charge in [0.1, 0.15) is 12.6 Å². The van der Waals surface area contributed by atoms with Gasteiger partial charge in [0.2, 0.25) is 5.91 Å². The summed E-state index contributed by atoms with van der Waals surface area (Å²) in [4.78, 5) is 15.6. The molecule has 2 heterocycles. The highest BCUT2D eigenvalue weighted by Crippen LogP contribution is 2.41. The first-order valence-electron chi connectivity index (χ1n) is 24.3. The molecule has 1 atom stereocenters. The summed E-state index contributed by atoms with van der Waals surface area (Å²) in [5.41, 5.74) is -7.33. The van der Waals surface area contributed by atoms with Crippen LogP contribution in [0, 0.1) is 18.6 Å². The fraction of sp³-hybridized carbons (Fsp3) is 0.341. The molecule has 6 rings (SSSR count). The van der Waals surface area contributed by atoms with Gasteiger partial charge < -0.3 is 24.5 Å². The topological polar surface area (TPSA) is 56.3 Å². The van der Waals surface area contributed by atoms with E-state index in [9.17, 15) is 32.3 Å². The molecule has 0 aliphatic carbocycles. The van der Waals surface area contributed by atoms with E-state index < -0.39 is 156 Å². The monoisotopic (exact) mass is 768 g/mol. The molecule has 53 heavy (non-hydrogen) atoms.